The van der Waals surface area contributed by atoms with E-state index in [4.69, 9.17) is 5.73 Å². The molecule has 2 aromatic carbocycles. The van der Waals surface area contributed by atoms with Crippen LogP contribution in [-0.2, 0) is 16.2 Å². The molecule has 134 valence electrons. The van der Waals surface area contributed by atoms with Gasteiger partial charge in [-0.3, -0.25) is 4.79 Å². The van der Waals surface area contributed by atoms with Gasteiger partial charge in [-0.25, -0.2) is 0 Å². The summed E-state index contributed by atoms with van der Waals surface area (Å²) in [5.74, 6) is -0.747. The molecule has 26 heavy (non-hydrogen) atoms. The molecule has 3 N–H and O–H groups in total. The molecule has 0 fully saturated rings. The number of rotatable bonds is 7. The first-order valence-corrected chi connectivity index (χ1v) is 8.55. The van der Waals surface area contributed by atoms with Gasteiger partial charge in [-0.15, -0.1) is 10.1 Å². The number of nitrogens with two attached hydrogens (primary N) is 1. The van der Waals surface area contributed by atoms with Gasteiger partial charge in [-0.2, -0.15) is 4.37 Å². The summed E-state index contributed by atoms with van der Waals surface area (Å²) in [7, 11) is 0. The van der Waals surface area contributed by atoms with Crippen LogP contribution in [0.5, 0.6) is 0 Å². The molecule has 3 aromatic rings. The fourth-order valence-corrected chi connectivity index (χ4v) is 3.22. The van der Waals surface area contributed by atoms with Crippen LogP contribution in [0.2, 0.25) is 0 Å². The van der Waals surface area contributed by atoms with E-state index in [2.05, 4.69) is 14.5 Å². The molecule has 1 heterocycles. The molecule has 0 bridgehead atoms. The lowest BCUT2D eigenvalue weighted by Gasteiger charge is -2.16. The minimum absolute atomic E-state index is 0.137. The maximum absolute atomic E-state index is 12.6. The van der Waals surface area contributed by atoms with Gasteiger partial charge in [-0.05, 0) is 40.9 Å². The van der Waals surface area contributed by atoms with E-state index in [0.29, 0.717) is 11.3 Å². The molecular weight excluding hydrogens is 356 g/mol. The highest BCUT2D eigenvalue weighted by molar-refractivity contribution is 7.13. The summed E-state index contributed by atoms with van der Waals surface area (Å²) in [6, 6.07) is 12.4. The molecular formula is C17H16N4O4S. The third-order valence-corrected chi connectivity index (χ3v) is 4.66. The van der Waals surface area contributed by atoms with Gasteiger partial charge in [0.25, 0.3) is 5.09 Å². The van der Waals surface area contributed by atoms with Gasteiger partial charge < -0.3 is 15.9 Å². The van der Waals surface area contributed by atoms with Gasteiger partial charge in [0.05, 0.1) is 10.6 Å². The Morgan fingerprint density at radius 1 is 1.31 bits per heavy atom. The fraction of sp³-hybridized carbons (Fsp3) is 0.176. The first-order chi connectivity index (χ1) is 12.6. The van der Waals surface area contributed by atoms with Gasteiger partial charge in [0.15, 0.2) is 0 Å². The first kappa shape index (κ1) is 17.8. The number of aromatic nitrogens is 1. The summed E-state index contributed by atoms with van der Waals surface area (Å²) < 4.78 is 5.10. The third-order valence-electron chi connectivity index (χ3n) is 3.89. The number of hydrogen-bond acceptors (Lipinski definition) is 7. The minimum Gasteiger partial charge on any atom is -0.329 e. The molecule has 0 aliphatic rings. The van der Waals surface area contributed by atoms with E-state index in [1.54, 1.807) is 30.5 Å². The quantitative estimate of drug-likeness (QED) is 0.486. The lowest BCUT2D eigenvalue weighted by Crippen LogP contribution is -2.27. The smallest absolute Gasteiger partial charge is 0.294 e. The first-order valence-electron chi connectivity index (χ1n) is 7.78. The Hall–Kier alpha value is -3.04. The van der Waals surface area contributed by atoms with E-state index in [0.717, 1.165) is 15.6 Å². The highest BCUT2D eigenvalue weighted by atomic mass is 32.1. The molecule has 1 amide bonds. The Morgan fingerprint density at radius 3 is 2.77 bits per heavy atom. The number of nitrogens with zero attached hydrogens (tertiary/aromatic N) is 2. The molecule has 0 saturated carbocycles. The van der Waals surface area contributed by atoms with Gasteiger partial charge in [0.2, 0.25) is 5.91 Å². The van der Waals surface area contributed by atoms with E-state index in [1.807, 2.05) is 18.2 Å². The summed E-state index contributed by atoms with van der Waals surface area (Å²) in [6.45, 7) is 0.00100. The zero-order valence-corrected chi connectivity index (χ0v) is 14.4. The van der Waals surface area contributed by atoms with E-state index in [9.17, 15) is 14.9 Å². The van der Waals surface area contributed by atoms with Crippen LogP contribution in [0, 0.1) is 10.1 Å². The predicted molar refractivity (Wildman–Crippen MR) is 98.3 cm³/mol. The number of carbonyl (C=O) groups is 1. The second-order valence-electron chi connectivity index (χ2n) is 5.59. The lowest BCUT2D eigenvalue weighted by atomic mass is 9.97. The third kappa shape index (κ3) is 4.13. The Kier molecular flexibility index (Phi) is 5.40. The van der Waals surface area contributed by atoms with Crippen molar-refractivity contribution in [1.29, 1.82) is 0 Å². The standard InChI is InChI=1S/C17H16N4O4S/c18-8-15(12-3-1-11(2-4-12)10-25-21(23)24)17(22)20-14-6-5-13-9-19-26-16(13)7-14/h1-7,9,15H,8,10,18H2,(H,20,22). The SMILES string of the molecule is NCC(C(=O)Nc1ccc2cnsc2c1)c1ccc(CO[N+](=O)[O-])cc1. The molecule has 8 nitrogen and oxygen atoms in total. The average molecular weight is 372 g/mol. The molecule has 9 heteroatoms. The van der Waals surface area contributed by atoms with Crippen LogP contribution in [0.25, 0.3) is 10.1 Å². The second kappa shape index (κ2) is 7.89. The molecule has 0 saturated heterocycles. The number of nitrogens with one attached hydrogen (secondary N) is 1. The Morgan fingerprint density at radius 2 is 2.08 bits per heavy atom. The van der Waals surface area contributed by atoms with E-state index < -0.39 is 11.0 Å². The van der Waals surface area contributed by atoms with Crippen molar-refractivity contribution in [3.8, 4) is 0 Å². The largest absolute Gasteiger partial charge is 0.329 e. The van der Waals surface area contributed by atoms with Crippen molar-refractivity contribution in [3.63, 3.8) is 0 Å². The van der Waals surface area contributed by atoms with Crippen LogP contribution < -0.4 is 11.1 Å². The van der Waals surface area contributed by atoms with Gasteiger partial charge in [-0.1, -0.05) is 24.3 Å². The van der Waals surface area contributed by atoms with Crippen LogP contribution in [0.1, 0.15) is 17.0 Å². The number of hydrogen-bond donors (Lipinski definition) is 2. The van der Waals surface area contributed by atoms with E-state index in [-0.39, 0.29) is 19.1 Å². The molecule has 0 aliphatic heterocycles. The maximum atomic E-state index is 12.6. The van der Waals surface area contributed by atoms with Crippen LogP contribution in [-0.4, -0.2) is 21.9 Å². The maximum Gasteiger partial charge on any atom is 0.294 e. The highest BCUT2D eigenvalue weighted by Crippen LogP contribution is 2.24. The second-order valence-corrected chi connectivity index (χ2v) is 6.43. The van der Waals surface area contributed by atoms with Crippen LogP contribution in [0.4, 0.5) is 5.69 Å². The van der Waals surface area contributed by atoms with Gasteiger partial charge in [0, 0.05) is 23.8 Å². The number of fused-ring (bicyclic) bond motifs is 1. The minimum atomic E-state index is -0.843. The summed E-state index contributed by atoms with van der Waals surface area (Å²) in [4.78, 5) is 27.2. The van der Waals surface area contributed by atoms with Gasteiger partial charge >= 0.3 is 0 Å². The predicted octanol–water partition coefficient (Wildman–Crippen LogP) is 2.69. The van der Waals surface area contributed by atoms with Crippen molar-refractivity contribution in [2.75, 3.05) is 11.9 Å². The van der Waals surface area contributed by atoms with Crippen molar-refractivity contribution < 1.29 is 14.7 Å². The van der Waals surface area contributed by atoms with Crippen LogP contribution >= 0.6 is 11.5 Å². The molecule has 1 unspecified atom stereocenters. The monoisotopic (exact) mass is 372 g/mol. The Bertz CT molecular complexity index is 926. The topological polar surface area (TPSA) is 120 Å². The Balaban J connectivity index is 1.70. The molecule has 0 radical (unpaired) electrons. The molecule has 1 atom stereocenters. The summed E-state index contributed by atoms with van der Waals surface area (Å²) >= 11 is 1.36. The number of amides is 1. The number of benzene rings is 2. The van der Waals surface area contributed by atoms with E-state index in [1.165, 1.54) is 11.5 Å². The fourth-order valence-electron chi connectivity index (χ4n) is 2.54. The van der Waals surface area contributed by atoms with E-state index >= 15 is 0 Å². The van der Waals surface area contributed by atoms with Crippen molar-refractivity contribution in [2.45, 2.75) is 12.5 Å². The van der Waals surface area contributed by atoms with Crippen LogP contribution in [0.15, 0.2) is 48.7 Å². The Labute approximate surface area is 152 Å². The van der Waals surface area contributed by atoms with Crippen LogP contribution in [0.3, 0.4) is 0 Å². The number of anilines is 1. The summed E-state index contributed by atoms with van der Waals surface area (Å²) in [5.41, 5.74) is 7.84. The molecule has 0 spiro atoms. The number of carbonyl (C=O) groups excluding carboxylic acids is 1. The van der Waals surface area contributed by atoms with Gasteiger partial charge in [0.1, 0.15) is 6.61 Å². The summed E-state index contributed by atoms with van der Waals surface area (Å²) in [6.07, 6.45) is 1.78. The van der Waals surface area contributed by atoms with Crippen molar-refractivity contribution >= 4 is 33.2 Å². The lowest BCUT2D eigenvalue weighted by molar-refractivity contribution is -0.763. The highest BCUT2D eigenvalue weighted by Gasteiger charge is 2.19. The molecule has 3 rings (SSSR count). The van der Waals surface area contributed by atoms with Crippen molar-refractivity contribution in [1.82, 2.24) is 4.37 Å². The normalized spacial score (nSPS) is 11.9. The molecule has 0 aliphatic carbocycles. The zero-order chi connectivity index (χ0) is 18.5. The average Bonchev–Trinajstić information content (AvgIpc) is 3.09. The summed E-state index contributed by atoms with van der Waals surface area (Å²) in [5, 5.41) is 13.3. The van der Waals surface area contributed by atoms with Crippen molar-refractivity contribution in [3.05, 3.63) is 69.9 Å². The van der Waals surface area contributed by atoms with Crippen molar-refractivity contribution in [2.24, 2.45) is 5.73 Å². The zero-order valence-electron chi connectivity index (χ0n) is 13.6. The molecule has 1 aromatic heterocycles.